The lowest BCUT2D eigenvalue weighted by Gasteiger charge is -2.28. The van der Waals surface area contributed by atoms with Gasteiger partial charge in [0.1, 0.15) is 11.5 Å². The molecule has 1 rings (SSSR count). The van der Waals surface area contributed by atoms with Crippen LogP contribution in [0, 0.1) is 5.92 Å². The fourth-order valence-electron chi connectivity index (χ4n) is 2.42. The molecular weight excluding hydrogens is 252 g/mol. The van der Waals surface area contributed by atoms with Crippen LogP contribution in [0.1, 0.15) is 38.8 Å². The van der Waals surface area contributed by atoms with Gasteiger partial charge in [0.25, 0.3) is 0 Å². The van der Waals surface area contributed by atoms with Crippen LogP contribution in [-0.4, -0.2) is 41.8 Å². The number of hydrogen-bond donors (Lipinski definition) is 3. The Hall–Kier alpha value is -1.26. The fourth-order valence-corrected chi connectivity index (χ4v) is 2.42. The van der Waals surface area contributed by atoms with Crippen molar-refractivity contribution >= 4 is 0 Å². The number of nitrogens with zero attached hydrogens (tertiary/aromatic N) is 1. The zero-order chi connectivity index (χ0) is 15.3. The molecular formula is C16H28N2O2. The van der Waals surface area contributed by atoms with Gasteiger partial charge in [-0.25, -0.2) is 0 Å². The fraction of sp³-hybridized carbons (Fsp3) is 0.625. The molecule has 1 aromatic carbocycles. The highest BCUT2D eigenvalue weighted by atomic mass is 16.3. The molecule has 0 amide bonds. The topological polar surface area (TPSA) is 55.7 Å². The van der Waals surface area contributed by atoms with Gasteiger partial charge in [0, 0.05) is 18.6 Å². The number of rotatable bonds is 7. The molecule has 0 aliphatic heterocycles. The molecule has 0 radical (unpaired) electrons. The van der Waals surface area contributed by atoms with Crippen LogP contribution >= 0.6 is 0 Å². The maximum atomic E-state index is 9.87. The van der Waals surface area contributed by atoms with E-state index in [0.717, 1.165) is 13.0 Å². The smallest absolute Gasteiger partial charge is 0.124 e. The molecule has 4 nitrogen and oxygen atoms in total. The monoisotopic (exact) mass is 280 g/mol. The predicted molar refractivity (Wildman–Crippen MR) is 83.1 cm³/mol. The maximum Gasteiger partial charge on any atom is 0.124 e. The Balaban J connectivity index is 2.68. The summed E-state index contributed by atoms with van der Waals surface area (Å²) < 4.78 is 0. The van der Waals surface area contributed by atoms with E-state index in [1.54, 1.807) is 18.2 Å². The summed E-state index contributed by atoms with van der Waals surface area (Å²) in [5.41, 5.74) is 0.564. The van der Waals surface area contributed by atoms with Crippen LogP contribution in [0.5, 0.6) is 11.5 Å². The minimum absolute atomic E-state index is 0.0918. The van der Waals surface area contributed by atoms with E-state index in [1.807, 2.05) is 6.92 Å². The second-order valence-corrected chi connectivity index (χ2v) is 6.09. The SMILES string of the molecule is CC(C)CC(CNC(C)c1c(O)cccc1O)N(C)C. The van der Waals surface area contributed by atoms with E-state index in [1.165, 1.54) is 0 Å². The van der Waals surface area contributed by atoms with E-state index in [4.69, 9.17) is 0 Å². The molecule has 0 spiro atoms. The Labute approximate surface area is 122 Å². The number of phenolic OH excluding ortho intramolecular Hbond substituents is 2. The van der Waals surface area contributed by atoms with Crippen molar-refractivity contribution in [3.8, 4) is 11.5 Å². The van der Waals surface area contributed by atoms with Gasteiger partial charge in [-0.15, -0.1) is 0 Å². The molecule has 0 fully saturated rings. The van der Waals surface area contributed by atoms with E-state index in [2.05, 4.69) is 38.2 Å². The summed E-state index contributed by atoms with van der Waals surface area (Å²) in [7, 11) is 4.16. The molecule has 0 heterocycles. The maximum absolute atomic E-state index is 9.87. The van der Waals surface area contributed by atoms with Crippen molar-refractivity contribution in [2.45, 2.75) is 39.3 Å². The Kier molecular flexibility index (Phi) is 6.30. The van der Waals surface area contributed by atoms with Crippen molar-refractivity contribution in [1.29, 1.82) is 0 Å². The van der Waals surface area contributed by atoms with Crippen LogP contribution in [0.15, 0.2) is 18.2 Å². The Morgan fingerprint density at radius 3 is 2.10 bits per heavy atom. The summed E-state index contributed by atoms with van der Waals surface area (Å²) in [5.74, 6) is 0.906. The van der Waals surface area contributed by atoms with E-state index >= 15 is 0 Å². The molecule has 1 aromatic rings. The average molecular weight is 280 g/mol. The summed E-state index contributed by atoms with van der Waals surface area (Å²) in [6.07, 6.45) is 1.11. The Morgan fingerprint density at radius 1 is 1.10 bits per heavy atom. The van der Waals surface area contributed by atoms with Crippen LogP contribution in [0.4, 0.5) is 0 Å². The van der Waals surface area contributed by atoms with E-state index in [-0.39, 0.29) is 17.5 Å². The molecule has 4 heteroatoms. The van der Waals surface area contributed by atoms with Gasteiger partial charge in [0.15, 0.2) is 0 Å². The molecule has 114 valence electrons. The van der Waals surface area contributed by atoms with Crippen LogP contribution in [0.3, 0.4) is 0 Å². The van der Waals surface area contributed by atoms with Gasteiger partial charge < -0.3 is 20.4 Å². The largest absolute Gasteiger partial charge is 0.507 e. The number of likely N-dealkylation sites (N-methyl/N-ethyl adjacent to an activating group) is 1. The number of aromatic hydroxyl groups is 2. The molecule has 0 aliphatic carbocycles. The van der Waals surface area contributed by atoms with Gasteiger partial charge >= 0.3 is 0 Å². The molecule has 0 saturated carbocycles. The minimum atomic E-state index is -0.0918. The van der Waals surface area contributed by atoms with Crippen LogP contribution < -0.4 is 5.32 Å². The third-order valence-electron chi connectivity index (χ3n) is 3.63. The average Bonchev–Trinajstić information content (AvgIpc) is 2.33. The van der Waals surface area contributed by atoms with Gasteiger partial charge in [-0.3, -0.25) is 0 Å². The first-order valence-electron chi connectivity index (χ1n) is 7.23. The highest BCUT2D eigenvalue weighted by Gasteiger charge is 2.18. The van der Waals surface area contributed by atoms with Gasteiger partial charge in [-0.05, 0) is 45.5 Å². The standard InChI is InChI=1S/C16H28N2O2/c1-11(2)9-13(18(4)5)10-17-12(3)16-14(19)7-6-8-15(16)20/h6-8,11-13,17,19-20H,9-10H2,1-5H3. The number of nitrogens with one attached hydrogen (secondary N) is 1. The molecule has 0 aromatic heterocycles. The molecule has 20 heavy (non-hydrogen) atoms. The van der Waals surface area contributed by atoms with Crippen molar-refractivity contribution in [2.24, 2.45) is 5.92 Å². The summed E-state index contributed by atoms with van der Waals surface area (Å²) in [6.45, 7) is 7.21. The molecule has 0 bridgehead atoms. The molecule has 0 saturated heterocycles. The lowest BCUT2D eigenvalue weighted by molar-refractivity contribution is 0.241. The van der Waals surface area contributed by atoms with E-state index < -0.39 is 0 Å². The van der Waals surface area contributed by atoms with Gasteiger partial charge in [0.05, 0.1) is 5.56 Å². The van der Waals surface area contributed by atoms with Gasteiger partial charge in [-0.1, -0.05) is 19.9 Å². The molecule has 0 aliphatic rings. The third kappa shape index (κ3) is 4.69. The number of phenols is 2. The zero-order valence-electron chi connectivity index (χ0n) is 13.2. The van der Waals surface area contributed by atoms with Crippen LogP contribution in [0.2, 0.25) is 0 Å². The third-order valence-corrected chi connectivity index (χ3v) is 3.63. The first-order chi connectivity index (χ1) is 9.32. The lowest BCUT2D eigenvalue weighted by Crippen LogP contribution is -2.39. The van der Waals surface area contributed by atoms with E-state index in [0.29, 0.717) is 17.5 Å². The van der Waals surface area contributed by atoms with Gasteiger partial charge in [-0.2, -0.15) is 0 Å². The summed E-state index contributed by atoms with van der Waals surface area (Å²) in [5, 5.41) is 23.1. The second kappa shape index (κ2) is 7.50. The predicted octanol–water partition coefficient (Wildman–Crippen LogP) is 2.72. The number of hydrogen-bond acceptors (Lipinski definition) is 4. The summed E-state index contributed by atoms with van der Waals surface area (Å²) in [4.78, 5) is 2.21. The van der Waals surface area contributed by atoms with Gasteiger partial charge in [0.2, 0.25) is 0 Å². The minimum Gasteiger partial charge on any atom is -0.507 e. The zero-order valence-corrected chi connectivity index (χ0v) is 13.2. The van der Waals surface area contributed by atoms with Crippen molar-refractivity contribution in [3.63, 3.8) is 0 Å². The number of benzene rings is 1. The lowest BCUT2D eigenvalue weighted by atomic mass is 10.0. The van der Waals surface area contributed by atoms with E-state index in [9.17, 15) is 10.2 Å². The normalized spacial score (nSPS) is 14.8. The quantitative estimate of drug-likeness (QED) is 0.719. The molecule has 3 N–H and O–H groups in total. The summed E-state index contributed by atoms with van der Waals surface area (Å²) >= 11 is 0. The highest BCUT2D eigenvalue weighted by Crippen LogP contribution is 2.32. The van der Waals surface area contributed by atoms with Crippen LogP contribution in [-0.2, 0) is 0 Å². The molecule has 2 unspecified atom stereocenters. The second-order valence-electron chi connectivity index (χ2n) is 6.09. The first-order valence-corrected chi connectivity index (χ1v) is 7.23. The highest BCUT2D eigenvalue weighted by molar-refractivity contribution is 5.44. The van der Waals surface area contributed by atoms with Crippen molar-refractivity contribution in [3.05, 3.63) is 23.8 Å². The summed E-state index contributed by atoms with van der Waals surface area (Å²) in [6, 6.07) is 5.19. The first kappa shape index (κ1) is 16.8. The van der Waals surface area contributed by atoms with Crippen molar-refractivity contribution in [2.75, 3.05) is 20.6 Å². The van der Waals surface area contributed by atoms with Crippen molar-refractivity contribution in [1.82, 2.24) is 10.2 Å². The van der Waals surface area contributed by atoms with Crippen LogP contribution in [0.25, 0.3) is 0 Å². The molecule has 2 atom stereocenters. The van der Waals surface area contributed by atoms with Crippen molar-refractivity contribution < 1.29 is 10.2 Å². The Morgan fingerprint density at radius 2 is 1.65 bits per heavy atom. The Bertz CT molecular complexity index is 399.